The average molecular weight is 350 g/mol. The first-order valence-corrected chi connectivity index (χ1v) is 8.62. The highest BCUT2D eigenvalue weighted by Crippen LogP contribution is 2.24. The highest BCUT2D eigenvalue weighted by Gasteiger charge is 2.13. The van der Waals surface area contributed by atoms with E-state index in [0.29, 0.717) is 17.9 Å². The number of hydrogen-bond donors (Lipinski definition) is 2. The average Bonchev–Trinajstić information content (AvgIpc) is 2.91. The fraction of sp³-hybridized carbons (Fsp3) is 0.238. The summed E-state index contributed by atoms with van der Waals surface area (Å²) in [5.41, 5.74) is 5.31. The zero-order valence-electron chi connectivity index (χ0n) is 15.2. The Kier molecular flexibility index (Phi) is 5.07. The summed E-state index contributed by atoms with van der Waals surface area (Å²) >= 11 is 0. The summed E-state index contributed by atoms with van der Waals surface area (Å²) in [6, 6.07) is 12.9. The van der Waals surface area contributed by atoms with Crippen molar-refractivity contribution in [3.8, 4) is 0 Å². The van der Waals surface area contributed by atoms with E-state index in [-0.39, 0.29) is 18.3 Å². The van der Waals surface area contributed by atoms with Gasteiger partial charge in [0.15, 0.2) is 0 Å². The molecule has 0 saturated carbocycles. The molecule has 0 aliphatic carbocycles. The Bertz CT molecular complexity index is 955. The van der Waals surface area contributed by atoms with Crippen molar-refractivity contribution in [2.45, 2.75) is 27.2 Å². The Morgan fingerprint density at radius 1 is 1.08 bits per heavy atom. The smallest absolute Gasteiger partial charge is 0.338 e. The number of anilines is 1. The number of esters is 1. The molecule has 2 aromatic carbocycles. The first-order valence-electron chi connectivity index (χ1n) is 8.62. The van der Waals surface area contributed by atoms with Gasteiger partial charge < -0.3 is 15.0 Å². The Morgan fingerprint density at radius 2 is 1.81 bits per heavy atom. The maximum atomic E-state index is 12.5. The number of carbonyl (C=O) groups excluding carboxylic acids is 2. The van der Waals surface area contributed by atoms with Crippen molar-refractivity contribution >= 4 is 28.5 Å². The van der Waals surface area contributed by atoms with Crippen LogP contribution in [0.3, 0.4) is 0 Å². The number of aryl methyl sites for hydroxylation is 2. The number of hydrogen-bond acceptors (Lipinski definition) is 3. The third kappa shape index (κ3) is 3.77. The van der Waals surface area contributed by atoms with Crippen molar-refractivity contribution in [2.75, 3.05) is 11.9 Å². The van der Waals surface area contributed by atoms with E-state index in [4.69, 9.17) is 4.74 Å². The number of H-pyrrole nitrogens is 1. The molecule has 0 radical (unpaired) electrons. The van der Waals surface area contributed by atoms with Crippen LogP contribution >= 0.6 is 0 Å². The molecule has 2 N–H and O–H groups in total. The first-order chi connectivity index (χ1) is 12.5. The topological polar surface area (TPSA) is 71.2 Å². The lowest BCUT2D eigenvalue weighted by Crippen LogP contribution is -2.15. The second-order valence-electron chi connectivity index (χ2n) is 6.30. The minimum atomic E-state index is -0.366. The lowest BCUT2D eigenvalue weighted by molar-refractivity contribution is -0.115. The molecule has 0 bridgehead atoms. The summed E-state index contributed by atoms with van der Waals surface area (Å²) in [4.78, 5) is 27.5. The van der Waals surface area contributed by atoms with Gasteiger partial charge in [0, 0.05) is 22.3 Å². The molecule has 1 heterocycles. The molecule has 3 aromatic rings. The SMILES string of the molecule is CCOC(=O)c1ccc(NC(=O)Cc2c(C)[nH]c3ccc(C)cc23)cc1. The van der Waals surface area contributed by atoms with Crippen molar-refractivity contribution in [1.82, 2.24) is 4.98 Å². The van der Waals surface area contributed by atoms with Gasteiger partial charge in [0.05, 0.1) is 18.6 Å². The van der Waals surface area contributed by atoms with Crippen LogP contribution in [-0.4, -0.2) is 23.5 Å². The van der Waals surface area contributed by atoms with Gasteiger partial charge >= 0.3 is 5.97 Å². The largest absolute Gasteiger partial charge is 0.462 e. The summed E-state index contributed by atoms with van der Waals surface area (Å²) in [6.07, 6.45) is 0.287. The van der Waals surface area contributed by atoms with Gasteiger partial charge in [-0.1, -0.05) is 11.6 Å². The fourth-order valence-electron chi connectivity index (χ4n) is 2.99. The van der Waals surface area contributed by atoms with Crippen molar-refractivity contribution in [3.63, 3.8) is 0 Å². The number of benzene rings is 2. The number of carbonyl (C=O) groups is 2. The van der Waals surface area contributed by atoms with Crippen molar-refractivity contribution < 1.29 is 14.3 Å². The summed E-state index contributed by atoms with van der Waals surface area (Å²) in [5.74, 6) is -0.463. The first kappa shape index (κ1) is 17.7. The Balaban J connectivity index is 1.72. The van der Waals surface area contributed by atoms with E-state index in [1.54, 1.807) is 31.2 Å². The maximum Gasteiger partial charge on any atom is 0.338 e. The van der Waals surface area contributed by atoms with E-state index < -0.39 is 0 Å². The molecule has 5 nitrogen and oxygen atoms in total. The third-order valence-corrected chi connectivity index (χ3v) is 4.29. The molecule has 0 aliphatic rings. The van der Waals surface area contributed by atoms with E-state index in [1.165, 1.54) is 0 Å². The monoisotopic (exact) mass is 350 g/mol. The lowest BCUT2D eigenvalue weighted by atomic mass is 10.1. The van der Waals surface area contributed by atoms with E-state index in [0.717, 1.165) is 27.7 Å². The summed E-state index contributed by atoms with van der Waals surface area (Å²) < 4.78 is 4.95. The second-order valence-corrected chi connectivity index (χ2v) is 6.30. The molecule has 0 aliphatic heterocycles. The van der Waals surface area contributed by atoms with Crippen LogP contribution in [-0.2, 0) is 16.0 Å². The number of rotatable bonds is 5. The number of ether oxygens (including phenoxy) is 1. The number of amides is 1. The van der Waals surface area contributed by atoms with E-state index in [9.17, 15) is 9.59 Å². The zero-order chi connectivity index (χ0) is 18.7. The number of fused-ring (bicyclic) bond motifs is 1. The minimum absolute atomic E-state index is 0.0978. The van der Waals surface area contributed by atoms with Crippen molar-refractivity contribution in [2.24, 2.45) is 0 Å². The quantitative estimate of drug-likeness (QED) is 0.679. The van der Waals surface area contributed by atoms with Gasteiger partial charge in [-0.3, -0.25) is 4.79 Å². The van der Waals surface area contributed by atoms with Gasteiger partial charge in [0.25, 0.3) is 0 Å². The van der Waals surface area contributed by atoms with Crippen LogP contribution in [0.4, 0.5) is 5.69 Å². The normalized spacial score (nSPS) is 10.7. The van der Waals surface area contributed by atoms with E-state index >= 15 is 0 Å². The van der Waals surface area contributed by atoms with Crippen LogP contribution in [0.25, 0.3) is 10.9 Å². The molecule has 26 heavy (non-hydrogen) atoms. The van der Waals surface area contributed by atoms with Crippen molar-refractivity contribution in [3.05, 3.63) is 64.8 Å². The van der Waals surface area contributed by atoms with Crippen LogP contribution in [0, 0.1) is 13.8 Å². The minimum Gasteiger partial charge on any atom is -0.462 e. The fourth-order valence-corrected chi connectivity index (χ4v) is 2.99. The summed E-state index contributed by atoms with van der Waals surface area (Å²) in [6.45, 7) is 6.12. The molecular formula is C21H22N2O3. The van der Waals surface area contributed by atoms with E-state index in [1.807, 2.05) is 26.0 Å². The molecule has 134 valence electrons. The van der Waals surface area contributed by atoms with Gasteiger partial charge in [-0.05, 0) is 62.7 Å². The molecule has 3 rings (SSSR count). The maximum absolute atomic E-state index is 12.5. The third-order valence-electron chi connectivity index (χ3n) is 4.29. The molecule has 0 spiro atoms. The Morgan fingerprint density at radius 3 is 2.50 bits per heavy atom. The molecule has 5 heteroatoms. The van der Waals surface area contributed by atoms with Crippen LogP contribution in [0.15, 0.2) is 42.5 Å². The Hall–Kier alpha value is -3.08. The van der Waals surface area contributed by atoms with Crippen molar-refractivity contribution in [1.29, 1.82) is 0 Å². The lowest BCUT2D eigenvalue weighted by Gasteiger charge is -2.07. The number of aromatic nitrogens is 1. The molecular weight excluding hydrogens is 328 g/mol. The van der Waals surface area contributed by atoms with Gasteiger partial charge in [0.1, 0.15) is 0 Å². The summed E-state index contributed by atoms with van der Waals surface area (Å²) in [7, 11) is 0. The summed E-state index contributed by atoms with van der Waals surface area (Å²) in [5, 5.41) is 3.96. The zero-order valence-corrected chi connectivity index (χ0v) is 15.2. The van der Waals surface area contributed by atoms with Crippen LogP contribution in [0.1, 0.15) is 34.1 Å². The molecule has 1 amide bonds. The van der Waals surface area contributed by atoms with Crippen LogP contribution < -0.4 is 5.32 Å². The highest BCUT2D eigenvalue weighted by atomic mass is 16.5. The van der Waals surface area contributed by atoms with Crippen LogP contribution in [0.5, 0.6) is 0 Å². The molecule has 0 saturated heterocycles. The predicted molar refractivity (Wildman–Crippen MR) is 103 cm³/mol. The van der Waals surface area contributed by atoms with Crippen LogP contribution in [0.2, 0.25) is 0 Å². The van der Waals surface area contributed by atoms with Gasteiger partial charge in [-0.2, -0.15) is 0 Å². The van der Waals surface area contributed by atoms with Gasteiger partial charge in [0.2, 0.25) is 5.91 Å². The molecule has 0 unspecified atom stereocenters. The van der Waals surface area contributed by atoms with E-state index in [2.05, 4.69) is 16.4 Å². The standard InChI is InChI=1S/C21H22N2O3/c1-4-26-21(25)15-6-8-16(9-7-15)23-20(24)12-17-14(3)22-19-10-5-13(2)11-18(17)19/h5-11,22H,4,12H2,1-3H3,(H,23,24). The van der Waals surface area contributed by atoms with Gasteiger partial charge in [-0.15, -0.1) is 0 Å². The predicted octanol–water partition coefficient (Wildman–Crippen LogP) is 4.14. The Labute approximate surface area is 152 Å². The number of aromatic amines is 1. The molecule has 1 aromatic heterocycles. The molecule has 0 fully saturated rings. The van der Waals surface area contributed by atoms with Gasteiger partial charge in [-0.25, -0.2) is 4.79 Å². The highest BCUT2D eigenvalue weighted by molar-refractivity contribution is 5.97. The number of nitrogens with one attached hydrogen (secondary N) is 2. The molecule has 0 atom stereocenters. The second kappa shape index (κ2) is 7.44.